The van der Waals surface area contributed by atoms with E-state index in [1.165, 1.54) is 18.3 Å². The largest absolute Gasteiger partial charge is 0.497 e. The second-order valence-corrected chi connectivity index (χ2v) is 12.1. The number of rotatable bonds is 5. The van der Waals surface area contributed by atoms with Crippen molar-refractivity contribution in [3.05, 3.63) is 29.6 Å². The lowest BCUT2D eigenvalue weighted by Gasteiger charge is -2.42. The third-order valence-electron chi connectivity index (χ3n) is 6.45. The molecule has 3 heterocycles. The lowest BCUT2D eigenvalue weighted by atomic mass is 9.83. The maximum absolute atomic E-state index is 11.4. The molecule has 2 aromatic heterocycles. The summed E-state index contributed by atoms with van der Waals surface area (Å²) in [6.07, 6.45) is 1.02. The molecule has 1 fully saturated rings. The Hall–Kier alpha value is -2.71. The lowest BCUT2D eigenvalue weighted by molar-refractivity contribution is -0.114. The van der Waals surface area contributed by atoms with E-state index in [0.717, 1.165) is 35.4 Å². The van der Waals surface area contributed by atoms with Crippen molar-refractivity contribution in [3.63, 3.8) is 0 Å². The van der Waals surface area contributed by atoms with Crippen LogP contribution < -0.4 is 14.8 Å². The number of likely N-dealkylation sites (tertiary alicyclic amines) is 1. The van der Waals surface area contributed by atoms with Gasteiger partial charge in [-0.3, -0.25) is 9.69 Å². The van der Waals surface area contributed by atoms with E-state index < -0.39 is 0 Å². The number of hydrogen-bond acceptors (Lipinski definition) is 7. The van der Waals surface area contributed by atoms with Crippen LogP contribution in [0.25, 0.3) is 22.3 Å². The molecule has 1 aliphatic rings. The first-order valence-electron chi connectivity index (χ1n) is 12.0. The van der Waals surface area contributed by atoms with Gasteiger partial charge in [0.15, 0.2) is 5.13 Å². The van der Waals surface area contributed by atoms with Crippen LogP contribution in [0.4, 0.5) is 5.13 Å². The number of carbonyl (C=O) groups is 1. The predicted octanol–water partition coefficient (Wildman–Crippen LogP) is 5.99. The molecule has 1 amide bonds. The fourth-order valence-corrected chi connectivity index (χ4v) is 5.51. The van der Waals surface area contributed by atoms with E-state index in [-0.39, 0.29) is 23.0 Å². The van der Waals surface area contributed by atoms with Gasteiger partial charge in [0.25, 0.3) is 0 Å². The van der Waals surface area contributed by atoms with Gasteiger partial charge in [-0.15, -0.1) is 11.3 Å². The Kier molecular flexibility index (Phi) is 6.81. The van der Waals surface area contributed by atoms with Crippen LogP contribution >= 0.6 is 11.3 Å². The summed E-state index contributed by atoms with van der Waals surface area (Å²) < 4.78 is 12.2. The highest BCUT2D eigenvalue weighted by Gasteiger charge is 2.44. The molecule has 8 heteroatoms. The minimum absolute atomic E-state index is 0.0512. The van der Waals surface area contributed by atoms with Gasteiger partial charge in [-0.25, -0.2) is 9.97 Å². The van der Waals surface area contributed by atoms with E-state index in [9.17, 15) is 4.79 Å². The highest BCUT2D eigenvalue weighted by atomic mass is 32.1. The zero-order chi connectivity index (χ0) is 25.5. The Balaban J connectivity index is 1.72. The number of thiazole rings is 1. The van der Waals surface area contributed by atoms with E-state index in [2.05, 4.69) is 56.7 Å². The van der Waals surface area contributed by atoms with Crippen LogP contribution in [0.15, 0.2) is 29.6 Å². The maximum Gasteiger partial charge on any atom is 0.223 e. The number of carbonyl (C=O) groups excluding carboxylic acids is 1. The molecular formula is C27H36N4O3S. The number of benzene rings is 1. The SMILES string of the molecule is COc1ccc2c(OC3CC(C(C)(C)C)N(C(C)(C)C)C3)cc(-c3csc(NC(C)=O)n3)nc2c1. The van der Waals surface area contributed by atoms with Gasteiger partial charge in [0, 0.05) is 54.4 Å². The van der Waals surface area contributed by atoms with Gasteiger partial charge in [0.2, 0.25) is 5.91 Å². The molecule has 0 bridgehead atoms. The van der Waals surface area contributed by atoms with Crippen molar-refractivity contribution in [2.24, 2.45) is 5.41 Å². The number of amides is 1. The van der Waals surface area contributed by atoms with Crippen LogP contribution in [-0.4, -0.2) is 52.1 Å². The minimum Gasteiger partial charge on any atom is -0.497 e. The average Bonchev–Trinajstić information content (AvgIpc) is 3.40. The van der Waals surface area contributed by atoms with Crippen LogP contribution in [0.5, 0.6) is 11.5 Å². The lowest BCUT2D eigenvalue weighted by Crippen LogP contribution is -2.49. The summed E-state index contributed by atoms with van der Waals surface area (Å²) in [5, 5.41) is 6.13. The number of fused-ring (bicyclic) bond motifs is 1. The normalized spacial score (nSPS) is 19.2. The molecule has 35 heavy (non-hydrogen) atoms. The van der Waals surface area contributed by atoms with Crippen molar-refractivity contribution in [3.8, 4) is 22.9 Å². The number of anilines is 1. The molecule has 1 aliphatic heterocycles. The molecule has 7 nitrogen and oxygen atoms in total. The minimum atomic E-state index is -0.149. The molecule has 1 aromatic carbocycles. The van der Waals surface area contributed by atoms with Gasteiger partial charge in [0.1, 0.15) is 23.3 Å². The number of pyridine rings is 1. The zero-order valence-electron chi connectivity index (χ0n) is 21.9. The van der Waals surface area contributed by atoms with Crippen molar-refractivity contribution in [2.45, 2.75) is 72.6 Å². The van der Waals surface area contributed by atoms with Crippen molar-refractivity contribution in [1.29, 1.82) is 0 Å². The number of nitrogens with one attached hydrogen (secondary N) is 1. The van der Waals surface area contributed by atoms with Crippen LogP contribution in [-0.2, 0) is 4.79 Å². The summed E-state index contributed by atoms with van der Waals surface area (Å²) in [7, 11) is 1.65. The highest BCUT2D eigenvalue weighted by molar-refractivity contribution is 7.14. The molecule has 1 N–H and O–H groups in total. The number of aromatic nitrogens is 2. The van der Waals surface area contributed by atoms with E-state index in [1.807, 2.05) is 29.6 Å². The molecule has 1 saturated heterocycles. The molecule has 4 rings (SSSR count). The Morgan fingerprint density at radius 3 is 2.46 bits per heavy atom. The van der Waals surface area contributed by atoms with Gasteiger partial charge in [-0.1, -0.05) is 20.8 Å². The third-order valence-corrected chi connectivity index (χ3v) is 7.20. The molecule has 2 atom stereocenters. The third kappa shape index (κ3) is 5.59. The summed E-state index contributed by atoms with van der Waals surface area (Å²) >= 11 is 1.38. The molecule has 0 aliphatic carbocycles. The monoisotopic (exact) mass is 496 g/mol. The molecule has 3 aromatic rings. The van der Waals surface area contributed by atoms with Crippen molar-refractivity contribution in [1.82, 2.24) is 14.9 Å². The van der Waals surface area contributed by atoms with Gasteiger partial charge in [-0.2, -0.15) is 0 Å². The Bertz CT molecular complexity index is 1200. The van der Waals surface area contributed by atoms with Gasteiger partial charge >= 0.3 is 0 Å². The first-order chi connectivity index (χ1) is 16.3. The topological polar surface area (TPSA) is 76.6 Å². The first kappa shape index (κ1) is 25.4. The number of methoxy groups -OCH3 is 1. The number of ether oxygens (including phenoxy) is 2. The molecule has 2 unspecified atom stereocenters. The van der Waals surface area contributed by atoms with Crippen LogP contribution in [0.1, 0.15) is 54.9 Å². The Morgan fingerprint density at radius 2 is 1.86 bits per heavy atom. The molecule has 0 saturated carbocycles. The molecule has 0 spiro atoms. The van der Waals surface area contributed by atoms with Crippen LogP contribution in [0, 0.1) is 5.41 Å². The Labute approximate surface area is 211 Å². The summed E-state index contributed by atoms with van der Waals surface area (Å²) in [6.45, 7) is 16.1. The van der Waals surface area contributed by atoms with E-state index >= 15 is 0 Å². The van der Waals surface area contributed by atoms with Crippen LogP contribution in [0.2, 0.25) is 0 Å². The van der Waals surface area contributed by atoms with Crippen molar-refractivity contribution >= 4 is 33.3 Å². The summed E-state index contributed by atoms with van der Waals surface area (Å²) in [5.41, 5.74) is 2.37. The van der Waals surface area contributed by atoms with Crippen molar-refractivity contribution in [2.75, 3.05) is 19.0 Å². The second-order valence-electron chi connectivity index (χ2n) is 11.3. The smallest absolute Gasteiger partial charge is 0.223 e. The van der Waals surface area contributed by atoms with Crippen molar-refractivity contribution < 1.29 is 14.3 Å². The average molecular weight is 497 g/mol. The number of hydrogen-bond donors (Lipinski definition) is 1. The van der Waals surface area contributed by atoms with E-state index in [1.54, 1.807) is 7.11 Å². The van der Waals surface area contributed by atoms with Gasteiger partial charge in [-0.05, 0) is 38.3 Å². The maximum atomic E-state index is 11.4. The summed E-state index contributed by atoms with van der Waals surface area (Å²) in [4.78, 5) is 23.4. The van der Waals surface area contributed by atoms with E-state index in [4.69, 9.17) is 14.5 Å². The van der Waals surface area contributed by atoms with Crippen LogP contribution in [0.3, 0.4) is 0 Å². The molecule has 0 radical (unpaired) electrons. The second kappa shape index (κ2) is 9.39. The summed E-state index contributed by atoms with van der Waals surface area (Å²) in [6, 6.07) is 8.23. The summed E-state index contributed by atoms with van der Waals surface area (Å²) in [5.74, 6) is 1.37. The quantitative estimate of drug-likeness (QED) is 0.467. The zero-order valence-corrected chi connectivity index (χ0v) is 22.7. The standard InChI is InChI=1S/C27H36N4O3S/c1-16(32)28-25-30-22(15-35-25)21-13-23(19-10-9-17(33-8)11-20(19)29-21)34-18-12-24(26(2,3)4)31(14-18)27(5,6)7/h9-11,13,15,18,24H,12,14H2,1-8H3,(H,28,30,32). The Morgan fingerprint density at radius 1 is 1.11 bits per heavy atom. The predicted molar refractivity (Wildman–Crippen MR) is 142 cm³/mol. The molecular weight excluding hydrogens is 460 g/mol. The molecule has 188 valence electrons. The highest BCUT2D eigenvalue weighted by Crippen LogP contribution is 2.40. The fraction of sp³-hybridized carbons (Fsp3) is 0.519. The van der Waals surface area contributed by atoms with E-state index in [0.29, 0.717) is 22.6 Å². The van der Waals surface area contributed by atoms with Gasteiger partial charge < -0.3 is 14.8 Å². The fourth-order valence-electron chi connectivity index (χ4n) is 4.76. The first-order valence-corrected chi connectivity index (χ1v) is 12.9. The van der Waals surface area contributed by atoms with Gasteiger partial charge in [0.05, 0.1) is 18.3 Å². The number of nitrogens with zero attached hydrogens (tertiary/aromatic N) is 3.